The van der Waals surface area contributed by atoms with Gasteiger partial charge in [0.25, 0.3) is 0 Å². The average molecular weight is 386 g/mol. The third-order valence-electron chi connectivity index (χ3n) is 1.94. The molecule has 0 heterocycles. The Bertz CT molecular complexity index is 343. The molecule has 1 rings (SSSR count). The Morgan fingerprint density at radius 1 is 1.35 bits per heavy atom. The van der Waals surface area contributed by atoms with Crippen LogP contribution in [0.2, 0.25) is 5.02 Å². The average Bonchev–Trinajstić information content (AvgIpc) is 2.32. The molecule has 1 aromatic rings. The molecule has 3 nitrogen and oxygen atoms in total. The molecule has 2 N–H and O–H groups in total. The Kier molecular flexibility index (Phi) is 9.76. The molecule has 96 valence electrons. The lowest BCUT2D eigenvalue weighted by Gasteiger charge is -2.07. The van der Waals surface area contributed by atoms with Crippen molar-refractivity contribution in [2.75, 3.05) is 26.4 Å². The molecule has 6 heteroatoms. The van der Waals surface area contributed by atoms with Crippen molar-refractivity contribution < 1.29 is 0 Å². The first kappa shape index (κ1) is 16.9. The van der Waals surface area contributed by atoms with Crippen LogP contribution in [0.4, 0.5) is 0 Å². The molecule has 0 bridgehead atoms. The van der Waals surface area contributed by atoms with Crippen LogP contribution in [-0.4, -0.2) is 32.4 Å². The second-order valence-corrected chi connectivity index (χ2v) is 4.66. The van der Waals surface area contributed by atoms with Crippen molar-refractivity contribution in [2.45, 2.75) is 4.90 Å². The maximum atomic E-state index is 5.81. The van der Waals surface area contributed by atoms with Gasteiger partial charge in [0.1, 0.15) is 0 Å². The largest absolute Gasteiger partial charge is 0.359 e. The van der Waals surface area contributed by atoms with E-state index in [0.29, 0.717) is 0 Å². The maximum absolute atomic E-state index is 5.81. The zero-order chi connectivity index (χ0) is 11.8. The molecular formula is C11H17ClIN3S. The molecule has 0 aliphatic heterocycles. The smallest absolute Gasteiger partial charge is 0.190 e. The first-order chi connectivity index (χ1) is 7.76. The molecule has 0 aromatic heterocycles. The highest BCUT2D eigenvalue weighted by molar-refractivity contribution is 14.0. The number of thioether (sulfide) groups is 1. The number of guanidine groups is 1. The van der Waals surface area contributed by atoms with Crippen molar-refractivity contribution in [1.82, 2.24) is 10.6 Å². The van der Waals surface area contributed by atoms with E-state index in [1.165, 1.54) is 4.90 Å². The van der Waals surface area contributed by atoms with Gasteiger partial charge in [-0.15, -0.1) is 35.7 Å². The lowest BCUT2D eigenvalue weighted by molar-refractivity contribution is 0.912. The van der Waals surface area contributed by atoms with Crippen molar-refractivity contribution in [3.8, 4) is 0 Å². The quantitative estimate of drug-likeness (QED) is 0.275. The Balaban J connectivity index is 0.00000256. The summed E-state index contributed by atoms with van der Waals surface area (Å²) < 4.78 is 0. The van der Waals surface area contributed by atoms with Gasteiger partial charge in [0.2, 0.25) is 0 Å². The zero-order valence-electron chi connectivity index (χ0n) is 9.87. The first-order valence-electron chi connectivity index (χ1n) is 5.03. The molecular weight excluding hydrogens is 369 g/mol. The predicted molar refractivity (Wildman–Crippen MR) is 88.0 cm³/mol. The summed E-state index contributed by atoms with van der Waals surface area (Å²) in [6.07, 6.45) is 0. The van der Waals surface area contributed by atoms with Crippen molar-refractivity contribution in [3.05, 3.63) is 29.3 Å². The molecule has 0 saturated carbocycles. The summed E-state index contributed by atoms with van der Waals surface area (Å²) in [5.74, 6) is 1.80. The molecule has 0 aliphatic rings. The predicted octanol–water partition coefficient (Wildman–Crippen LogP) is 2.84. The van der Waals surface area contributed by atoms with Crippen LogP contribution in [0.25, 0.3) is 0 Å². The summed E-state index contributed by atoms with van der Waals surface area (Å²) in [5.41, 5.74) is 0. The summed E-state index contributed by atoms with van der Waals surface area (Å²) in [4.78, 5) is 5.26. The number of nitrogens with one attached hydrogen (secondary N) is 2. The van der Waals surface area contributed by atoms with Gasteiger partial charge in [-0.2, -0.15) is 0 Å². The lowest BCUT2D eigenvalue weighted by atomic mass is 10.4. The first-order valence-corrected chi connectivity index (χ1v) is 6.39. The fourth-order valence-electron chi connectivity index (χ4n) is 1.15. The molecule has 0 aliphatic carbocycles. The number of aliphatic imine (C=N–C) groups is 1. The number of nitrogens with zero attached hydrogens (tertiary/aromatic N) is 1. The van der Waals surface area contributed by atoms with Crippen LogP contribution in [0.15, 0.2) is 34.2 Å². The van der Waals surface area contributed by atoms with Gasteiger partial charge >= 0.3 is 0 Å². The van der Waals surface area contributed by atoms with Crippen molar-refractivity contribution in [2.24, 2.45) is 4.99 Å². The molecule has 17 heavy (non-hydrogen) atoms. The second kappa shape index (κ2) is 9.85. The molecule has 0 amide bonds. The van der Waals surface area contributed by atoms with Gasteiger partial charge in [0.15, 0.2) is 5.96 Å². The second-order valence-electron chi connectivity index (χ2n) is 3.05. The van der Waals surface area contributed by atoms with Gasteiger partial charge in [-0.05, 0) is 24.3 Å². The Labute approximate surface area is 129 Å². The molecule has 0 spiro atoms. The Morgan fingerprint density at radius 3 is 2.53 bits per heavy atom. The van der Waals surface area contributed by atoms with Gasteiger partial charge in [0.05, 0.1) is 0 Å². The van der Waals surface area contributed by atoms with Crippen LogP contribution >= 0.6 is 47.3 Å². The number of benzene rings is 1. The molecule has 0 unspecified atom stereocenters. The summed E-state index contributed by atoms with van der Waals surface area (Å²) in [5, 5.41) is 6.94. The molecule has 1 aromatic carbocycles. The van der Waals surface area contributed by atoms with E-state index in [2.05, 4.69) is 15.6 Å². The van der Waals surface area contributed by atoms with E-state index in [-0.39, 0.29) is 24.0 Å². The molecule has 0 radical (unpaired) electrons. The van der Waals surface area contributed by atoms with Crippen LogP contribution in [0.1, 0.15) is 0 Å². The molecule has 0 atom stereocenters. The zero-order valence-corrected chi connectivity index (χ0v) is 13.8. The van der Waals surface area contributed by atoms with Crippen LogP contribution in [0, 0.1) is 0 Å². The number of hydrogen-bond donors (Lipinski definition) is 2. The van der Waals surface area contributed by atoms with Crippen LogP contribution in [0.3, 0.4) is 0 Å². The maximum Gasteiger partial charge on any atom is 0.190 e. The van der Waals surface area contributed by atoms with Crippen molar-refractivity contribution in [1.29, 1.82) is 0 Å². The number of hydrogen-bond acceptors (Lipinski definition) is 2. The lowest BCUT2D eigenvalue weighted by Crippen LogP contribution is -2.35. The van der Waals surface area contributed by atoms with Gasteiger partial charge in [0, 0.05) is 36.3 Å². The van der Waals surface area contributed by atoms with Crippen molar-refractivity contribution >= 4 is 53.3 Å². The van der Waals surface area contributed by atoms with E-state index < -0.39 is 0 Å². The minimum Gasteiger partial charge on any atom is -0.359 e. The highest BCUT2D eigenvalue weighted by Gasteiger charge is 1.95. The van der Waals surface area contributed by atoms with Crippen LogP contribution in [0.5, 0.6) is 0 Å². The number of halogens is 2. The van der Waals surface area contributed by atoms with Crippen LogP contribution in [-0.2, 0) is 0 Å². The Morgan fingerprint density at radius 2 is 2.00 bits per heavy atom. The van der Waals surface area contributed by atoms with Gasteiger partial charge in [-0.3, -0.25) is 4.99 Å². The topological polar surface area (TPSA) is 36.4 Å². The highest BCUT2D eigenvalue weighted by Crippen LogP contribution is 2.19. The summed E-state index contributed by atoms with van der Waals surface area (Å²) in [6.45, 7) is 0.876. The minimum absolute atomic E-state index is 0. The summed E-state index contributed by atoms with van der Waals surface area (Å²) >= 11 is 7.59. The van der Waals surface area contributed by atoms with E-state index in [4.69, 9.17) is 11.6 Å². The van der Waals surface area contributed by atoms with E-state index in [1.54, 1.807) is 18.8 Å². The monoisotopic (exact) mass is 385 g/mol. The SMILES string of the molecule is CN=C(NC)NCCSc1ccc(Cl)cc1.I. The highest BCUT2D eigenvalue weighted by atomic mass is 127. The molecule has 0 fully saturated rings. The van der Waals surface area contributed by atoms with E-state index >= 15 is 0 Å². The summed E-state index contributed by atoms with van der Waals surface area (Å²) in [6, 6.07) is 7.87. The van der Waals surface area contributed by atoms with Gasteiger partial charge in [-0.25, -0.2) is 0 Å². The van der Waals surface area contributed by atoms with E-state index in [9.17, 15) is 0 Å². The number of rotatable bonds is 4. The van der Waals surface area contributed by atoms with E-state index in [0.717, 1.165) is 23.3 Å². The molecule has 0 saturated heterocycles. The standard InChI is InChI=1S/C11H16ClN3S.HI/c1-13-11(14-2)15-7-8-16-10-5-3-9(12)4-6-10;/h3-6H,7-8H2,1-2H3,(H2,13,14,15);1H. The van der Waals surface area contributed by atoms with Crippen LogP contribution < -0.4 is 10.6 Å². The third kappa shape index (κ3) is 7.00. The van der Waals surface area contributed by atoms with E-state index in [1.807, 2.05) is 31.3 Å². The minimum atomic E-state index is 0. The Hall–Kier alpha value is -0.140. The normalized spacial score (nSPS) is 10.6. The van der Waals surface area contributed by atoms with Gasteiger partial charge in [-0.1, -0.05) is 11.6 Å². The van der Waals surface area contributed by atoms with Crippen molar-refractivity contribution in [3.63, 3.8) is 0 Å². The fourth-order valence-corrected chi connectivity index (χ4v) is 2.04. The third-order valence-corrected chi connectivity index (χ3v) is 3.20. The van der Waals surface area contributed by atoms with Gasteiger partial charge < -0.3 is 10.6 Å². The fraction of sp³-hybridized carbons (Fsp3) is 0.364. The summed E-state index contributed by atoms with van der Waals surface area (Å²) in [7, 11) is 3.60.